The number of aryl methyl sites for hydroxylation is 2. The highest BCUT2D eigenvalue weighted by Crippen LogP contribution is 2.31. The van der Waals surface area contributed by atoms with Crippen molar-refractivity contribution < 1.29 is 4.39 Å². The molecule has 0 aliphatic heterocycles. The number of rotatable bonds is 1. The molecule has 0 bridgehead atoms. The van der Waals surface area contributed by atoms with Crippen LogP contribution in [0.3, 0.4) is 0 Å². The van der Waals surface area contributed by atoms with Crippen molar-refractivity contribution in [3.05, 3.63) is 51.5 Å². The molecule has 0 radical (unpaired) electrons. The zero-order chi connectivity index (χ0) is 13.6. The van der Waals surface area contributed by atoms with E-state index in [2.05, 4.69) is 4.98 Å². The van der Waals surface area contributed by atoms with Crippen molar-refractivity contribution in [1.29, 1.82) is 0 Å². The largest absolute Gasteiger partial charge is 0.348 e. The van der Waals surface area contributed by atoms with Gasteiger partial charge in [0, 0.05) is 22.9 Å². The molecular weight excluding hydrogens is 263 g/mol. The average Bonchev–Trinajstić information content (AvgIpc) is 2.77. The minimum Gasteiger partial charge on any atom is -0.286 e. The van der Waals surface area contributed by atoms with E-state index in [4.69, 9.17) is 0 Å². The number of nitrogens with zero attached hydrogens (tertiary/aromatic N) is 2. The first-order valence-electron chi connectivity index (χ1n) is 5.80. The van der Waals surface area contributed by atoms with Gasteiger partial charge in [0.25, 0.3) is 0 Å². The van der Waals surface area contributed by atoms with Gasteiger partial charge in [-0.1, -0.05) is 12.1 Å². The topological polar surface area (TPSA) is 34.9 Å². The van der Waals surface area contributed by atoms with E-state index in [1.54, 1.807) is 25.2 Å². The van der Waals surface area contributed by atoms with Crippen LogP contribution in [-0.2, 0) is 7.05 Å². The Morgan fingerprint density at radius 2 is 2.05 bits per heavy atom. The van der Waals surface area contributed by atoms with Crippen LogP contribution < -0.4 is 5.69 Å². The Hall–Kier alpha value is -2.01. The summed E-state index contributed by atoms with van der Waals surface area (Å²) in [6.45, 7) is 1.96. The number of hydrogen-bond acceptors (Lipinski definition) is 3. The second kappa shape index (κ2) is 4.28. The van der Waals surface area contributed by atoms with Crippen LogP contribution in [0.1, 0.15) is 4.88 Å². The first-order valence-corrected chi connectivity index (χ1v) is 6.61. The zero-order valence-electron chi connectivity index (χ0n) is 10.5. The minimum absolute atomic E-state index is 0.364. The lowest BCUT2D eigenvalue weighted by atomic mass is 10.1. The Morgan fingerprint density at radius 3 is 2.79 bits per heavy atom. The fraction of sp³-hybridized carbons (Fsp3) is 0.143. The molecule has 2 aromatic heterocycles. The van der Waals surface area contributed by atoms with Crippen LogP contribution in [0.15, 0.2) is 35.1 Å². The Labute approximate surface area is 113 Å². The summed E-state index contributed by atoms with van der Waals surface area (Å²) in [6.07, 6.45) is 0. The maximum absolute atomic E-state index is 13.9. The SMILES string of the molecule is Cc1cc2c(-c3ccccc3F)nc(=O)n(C)c2s1. The molecule has 0 saturated carbocycles. The summed E-state index contributed by atoms with van der Waals surface area (Å²) in [4.78, 5) is 17.8. The Bertz CT molecular complexity index is 835. The van der Waals surface area contributed by atoms with Crippen molar-refractivity contribution in [2.45, 2.75) is 6.92 Å². The van der Waals surface area contributed by atoms with E-state index in [-0.39, 0.29) is 11.5 Å². The van der Waals surface area contributed by atoms with Gasteiger partial charge in [0.15, 0.2) is 0 Å². The zero-order valence-corrected chi connectivity index (χ0v) is 11.3. The van der Waals surface area contributed by atoms with Crippen LogP contribution >= 0.6 is 11.3 Å². The predicted molar refractivity (Wildman–Crippen MR) is 75.0 cm³/mol. The Kier molecular flexibility index (Phi) is 2.71. The van der Waals surface area contributed by atoms with E-state index in [1.165, 1.54) is 22.0 Å². The Morgan fingerprint density at radius 1 is 1.32 bits per heavy atom. The molecule has 0 spiro atoms. The molecule has 5 heteroatoms. The lowest BCUT2D eigenvalue weighted by Gasteiger charge is -2.06. The molecule has 0 fully saturated rings. The van der Waals surface area contributed by atoms with Gasteiger partial charge in [0.05, 0.1) is 5.69 Å². The summed E-state index contributed by atoms with van der Waals surface area (Å²) >= 11 is 1.51. The molecule has 3 nitrogen and oxygen atoms in total. The van der Waals surface area contributed by atoms with Gasteiger partial charge in [-0.05, 0) is 25.1 Å². The van der Waals surface area contributed by atoms with Crippen molar-refractivity contribution in [3.8, 4) is 11.3 Å². The van der Waals surface area contributed by atoms with Gasteiger partial charge in [0.1, 0.15) is 10.6 Å². The lowest BCUT2D eigenvalue weighted by Crippen LogP contribution is -2.20. The van der Waals surface area contributed by atoms with E-state index < -0.39 is 0 Å². The summed E-state index contributed by atoms with van der Waals surface area (Å²) in [7, 11) is 1.68. The maximum Gasteiger partial charge on any atom is 0.348 e. The van der Waals surface area contributed by atoms with Gasteiger partial charge in [-0.2, -0.15) is 4.98 Å². The smallest absolute Gasteiger partial charge is 0.286 e. The monoisotopic (exact) mass is 274 g/mol. The highest BCUT2D eigenvalue weighted by atomic mass is 32.1. The van der Waals surface area contributed by atoms with Crippen LogP contribution in [0.2, 0.25) is 0 Å². The quantitative estimate of drug-likeness (QED) is 0.683. The second-order valence-electron chi connectivity index (χ2n) is 4.36. The van der Waals surface area contributed by atoms with Crippen LogP contribution in [0.5, 0.6) is 0 Å². The van der Waals surface area contributed by atoms with Gasteiger partial charge in [-0.25, -0.2) is 9.18 Å². The highest BCUT2D eigenvalue weighted by Gasteiger charge is 2.15. The second-order valence-corrected chi connectivity index (χ2v) is 5.59. The standard InChI is InChI=1S/C14H11FN2OS/c1-8-7-10-12(9-5-3-4-6-11(9)15)16-14(18)17(2)13(10)19-8/h3-7H,1-2H3. The first-order chi connectivity index (χ1) is 9.08. The molecule has 0 unspecified atom stereocenters. The molecule has 0 saturated heterocycles. The number of benzene rings is 1. The van der Waals surface area contributed by atoms with Gasteiger partial charge in [-0.15, -0.1) is 11.3 Å². The van der Waals surface area contributed by atoms with Crippen LogP contribution in [-0.4, -0.2) is 9.55 Å². The van der Waals surface area contributed by atoms with Crippen LogP contribution in [0.4, 0.5) is 4.39 Å². The third-order valence-corrected chi connectivity index (χ3v) is 4.15. The third kappa shape index (κ3) is 1.86. The number of aromatic nitrogens is 2. The van der Waals surface area contributed by atoms with Crippen molar-refractivity contribution in [3.63, 3.8) is 0 Å². The van der Waals surface area contributed by atoms with Crippen molar-refractivity contribution >= 4 is 21.6 Å². The first kappa shape index (κ1) is 12.0. The third-order valence-electron chi connectivity index (χ3n) is 3.02. The molecule has 96 valence electrons. The number of hydrogen-bond donors (Lipinski definition) is 0. The van der Waals surface area contributed by atoms with Gasteiger partial charge in [0.2, 0.25) is 0 Å². The molecule has 0 N–H and O–H groups in total. The maximum atomic E-state index is 13.9. The normalized spacial score (nSPS) is 11.1. The van der Waals surface area contributed by atoms with Gasteiger partial charge < -0.3 is 0 Å². The fourth-order valence-electron chi connectivity index (χ4n) is 2.10. The van der Waals surface area contributed by atoms with E-state index in [1.807, 2.05) is 13.0 Å². The van der Waals surface area contributed by atoms with E-state index in [0.29, 0.717) is 11.3 Å². The molecule has 3 rings (SSSR count). The van der Waals surface area contributed by atoms with Crippen molar-refractivity contribution in [2.75, 3.05) is 0 Å². The molecule has 2 heterocycles. The summed E-state index contributed by atoms with van der Waals surface area (Å²) in [6, 6.07) is 8.32. The molecule has 3 aromatic rings. The highest BCUT2D eigenvalue weighted by molar-refractivity contribution is 7.18. The predicted octanol–water partition coefficient (Wildman–Crippen LogP) is 3.11. The summed E-state index contributed by atoms with van der Waals surface area (Å²) in [5.74, 6) is -0.367. The van der Waals surface area contributed by atoms with E-state index >= 15 is 0 Å². The van der Waals surface area contributed by atoms with Crippen LogP contribution in [0, 0.1) is 12.7 Å². The molecule has 0 aliphatic carbocycles. The molecule has 0 aliphatic rings. The molecule has 0 atom stereocenters. The van der Waals surface area contributed by atoms with Crippen LogP contribution in [0.25, 0.3) is 21.5 Å². The van der Waals surface area contributed by atoms with E-state index in [0.717, 1.165) is 15.1 Å². The summed E-state index contributed by atoms with van der Waals surface area (Å²) < 4.78 is 15.4. The number of halogens is 1. The van der Waals surface area contributed by atoms with Crippen molar-refractivity contribution in [2.24, 2.45) is 7.05 Å². The van der Waals surface area contributed by atoms with E-state index in [9.17, 15) is 9.18 Å². The molecule has 0 amide bonds. The van der Waals surface area contributed by atoms with Gasteiger partial charge in [-0.3, -0.25) is 4.57 Å². The van der Waals surface area contributed by atoms with Gasteiger partial charge >= 0.3 is 5.69 Å². The number of fused-ring (bicyclic) bond motifs is 1. The summed E-state index contributed by atoms with van der Waals surface area (Å²) in [5, 5.41) is 0.815. The molecule has 19 heavy (non-hydrogen) atoms. The molecule has 1 aromatic carbocycles. The average molecular weight is 274 g/mol. The number of thiophene rings is 1. The minimum atomic E-state index is -0.368. The Balaban J connectivity index is 2.45. The fourth-order valence-corrected chi connectivity index (χ4v) is 3.06. The summed E-state index contributed by atoms with van der Waals surface area (Å²) in [5.41, 5.74) is 0.413. The molecular formula is C14H11FN2OS. The lowest BCUT2D eigenvalue weighted by molar-refractivity contribution is 0.630. The van der Waals surface area contributed by atoms with Crippen molar-refractivity contribution in [1.82, 2.24) is 9.55 Å².